The van der Waals surface area contributed by atoms with Crippen molar-refractivity contribution in [2.75, 3.05) is 50.5 Å². The molecule has 10 heteroatoms. The number of ether oxygens (including phenoxy) is 1. The van der Waals surface area contributed by atoms with Crippen LogP contribution >= 0.6 is 11.8 Å². The van der Waals surface area contributed by atoms with Gasteiger partial charge in [0.1, 0.15) is 6.54 Å². The van der Waals surface area contributed by atoms with Crippen molar-refractivity contribution in [3.8, 4) is 0 Å². The summed E-state index contributed by atoms with van der Waals surface area (Å²) in [6.07, 6.45) is 0. The lowest BCUT2D eigenvalue weighted by atomic mass is 10.2. The number of fused-ring (bicyclic) bond motifs is 1. The van der Waals surface area contributed by atoms with E-state index in [9.17, 15) is 18.0 Å². The highest BCUT2D eigenvalue weighted by Gasteiger charge is 2.29. The van der Waals surface area contributed by atoms with Gasteiger partial charge in [-0.1, -0.05) is 13.8 Å². The van der Waals surface area contributed by atoms with Gasteiger partial charge in [0.05, 0.1) is 22.9 Å². The van der Waals surface area contributed by atoms with Gasteiger partial charge in [-0.05, 0) is 18.2 Å². The quantitative estimate of drug-likeness (QED) is 0.603. The molecule has 0 saturated carbocycles. The van der Waals surface area contributed by atoms with Gasteiger partial charge in [-0.3, -0.25) is 9.59 Å². The molecule has 2 amide bonds. The van der Waals surface area contributed by atoms with Gasteiger partial charge in [-0.25, -0.2) is 8.42 Å². The molecule has 0 atom stereocenters. The van der Waals surface area contributed by atoms with E-state index >= 15 is 0 Å². The number of thioether (sulfide) groups is 1. The summed E-state index contributed by atoms with van der Waals surface area (Å²) in [4.78, 5) is 26.7. The zero-order valence-electron chi connectivity index (χ0n) is 15.7. The second-order valence-corrected chi connectivity index (χ2v) is 8.79. The van der Waals surface area contributed by atoms with Crippen molar-refractivity contribution in [1.82, 2.24) is 9.62 Å². The molecular formula is C17H25N3O5S2. The third-order valence-corrected chi connectivity index (χ3v) is 7.24. The van der Waals surface area contributed by atoms with Gasteiger partial charge in [-0.15, -0.1) is 11.8 Å². The zero-order valence-corrected chi connectivity index (χ0v) is 17.4. The van der Waals surface area contributed by atoms with E-state index in [-0.39, 0.29) is 29.0 Å². The summed E-state index contributed by atoms with van der Waals surface area (Å²) in [5.74, 6) is -0.345. The molecule has 1 aromatic carbocycles. The summed E-state index contributed by atoms with van der Waals surface area (Å²) in [5.41, 5.74) is 0.450. The maximum absolute atomic E-state index is 12.8. The number of benzene rings is 1. The standard InChI is InChI=1S/C17H25N3O5S2/c1-4-19(5-2)27(23,24)13-6-7-15-14(10-13)20(17(22)12-26-15)11-16(21)18-8-9-25-3/h6-7,10H,4-5,8-9,11-12H2,1-3H3,(H,18,21). The van der Waals surface area contributed by atoms with Crippen LogP contribution < -0.4 is 10.2 Å². The van der Waals surface area contributed by atoms with Gasteiger partial charge in [0, 0.05) is 31.6 Å². The van der Waals surface area contributed by atoms with Crippen LogP contribution in [0.4, 0.5) is 5.69 Å². The van der Waals surface area contributed by atoms with Crippen molar-refractivity contribution >= 4 is 39.3 Å². The number of rotatable bonds is 9. The van der Waals surface area contributed by atoms with Gasteiger partial charge < -0.3 is 15.0 Å². The third kappa shape index (κ3) is 5.01. The van der Waals surface area contributed by atoms with Crippen LogP contribution in [0, 0.1) is 0 Å². The van der Waals surface area contributed by atoms with Crippen molar-refractivity contribution in [2.45, 2.75) is 23.6 Å². The van der Waals surface area contributed by atoms with Crippen LogP contribution in [0.2, 0.25) is 0 Å². The predicted molar refractivity (Wildman–Crippen MR) is 105 cm³/mol. The van der Waals surface area contributed by atoms with E-state index < -0.39 is 10.0 Å². The Morgan fingerprint density at radius 1 is 1.33 bits per heavy atom. The van der Waals surface area contributed by atoms with E-state index in [0.717, 1.165) is 4.90 Å². The molecule has 0 fully saturated rings. The van der Waals surface area contributed by atoms with Gasteiger partial charge in [0.15, 0.2) is 0 Å². The van der Waals surface area contributed by atoms with Crippen LogP contribution in [-0.2, 0) is 24.3 Å². The van der Waals surface area contributed by atoms with Crippen LogP contribution in [0.3, 0.4) is 0 Å². The van der Waals surface area contributed by atoms with Crippen molar-refractivity contribution in [3.05, 3.63) is 18.2 Å². The first kappa shape index (κ1) is 21.7. The molecule has 8 nitrogen and oxygen atoms in total. The Morgan fingerprint density at radius 2 is 2.04 bits per heavy atom. The molecule has 0 saturated heterocycles. The minimum Gasteiger partial charge on any atom is -0.383 e. The van der Waals surface area contributed by atoms with Crippen LogP contribution in [0.1, 0.15) is 13.8 Å². The zero-order chi connectivity index (χ0) is 20.0. The van der Waals surface area contributed by atoms with Crippen molar-refractivity contribution < 1.29 is 22.7 Å². The number of anilines is 1. The molecule has 1 heterocycles. The molecule has 1 aliphatic heterocycles. The molecule has 2 rings (SSSR count). The number of nitrogens with zero attached hydrogens (tertiary/aromatic N) is 2. The van der Waals surface area contributed by atoms with E-state index in [1.54, 1.807) is 26.0 Å². The van der Waals surface area contributed by atoms with E-state index in [2.05, 4.69) is 5.32 Å². The molecular weight excluding hydrogens is 390 g/mol. The third-order valence-electron chi connectivity index (χ3n) is 4.15. The summed E-state index contributed by atoms with van der Waals surface area (Å²) in [5, 5.41) is 2.67. The van der Waals surface area contributed by atoms with E-state index in [4.69, 9.17) is 4.74 Å². The van der Waals surface area contributed by atoms with Crippen LogP contribution in [0.25, 0.3) is 0 Å². The minimum absolute atomic E-state index is 0.116. The number of methoxy groups -OCH3 is 1. The van der Waals surface area contributed by atoms with E-state index in [1.165, 1.54) is 34.1 Å². The lowest BCUT2D eigenvalue weighted by molar-refractivity contribution is -0.123. The molecule has 0 unspecified atom stereocenters. The predicted octanol–water partition coefficient (Wildman–Crippen LogP) is 0.918. The topological polar surface area (TPSA) is 96.0 Å². The number of nitrogens with one attached hydrogen (secondary N) is 1. The molecule has 0 radical (unpaired) electrons. The molecule has 27 heavy (non-hydrogen) atoms. The molecule has 0 spiro atoms. The van der Waals surface area contributed by atoms with Gasteiger partial charge in [-0.2, -0.15) is 4.31 Å². The maximum atomic E-state index is 12.8. The molecule has 0 aliphatic carbocycles. The molecule has 150 valence electrons. The van der Waals surface area contributed by atoms with Gasteiger partial charge >= 0.3 is 0 Å². The highest BCUT2D eigenvalue weighted by atomic mass is 32.2. The van der Waals surface area contributed by atoms with E-state index in [0.29, 0.717) is 31.9 Å². The maximum Gasteiger partial charge on any atom is 0.243 e. The first-order valence-corrected chi connectivity index (χ1v) is 11.1. The van der Waals surface area contributed by atoms with Gasteiger partial charge in [0.2, 0.25) is 21.8 Å². The normalized spacial score (nSPS) is 14.4. The van der Waals surface area contributed by atoms with Crippen molar-refractivity contribution in [3.63, 3.8) is 0 Å². The number of sulfonamides is 1. The highest BCUT2D eigenvalue weighted by molar-refractivity contribution is 8.00. The number of hydrogen-bond donors (Lipinski definition) is 1. The molecule has 1 aromatic rings. The number of carbonyl (C=O) groups excluding carboxylic acids is 2. The number of hydrogen-bond acceptors (Lipinski definition) is 6. The molecule has 0 bridgehead atoms. The van der Waals surface area contributed by atoms with Crippen LogP contribution in [0.15, 0.2) is 28.0 Å². The fraction of sp³-hybridized carbons (Fsp3) is 0.529. The molecule has 1 N–H and O–H groups in total. The number of amides is 2. The van der Waals surface area contributed by atoms with Crippen LogP contribution in [0.5, 0.6) is 0 Å². The Kier molecular flexibility index (Phi) is 7.66. The van der Waals surface area contributed by atoms with Gasteiger partial charge in [0.25, 0.3) is 0 Å². The SMILES string of the molecule is CCN(CC)S(=O)(=O)c1ccc2c(c1)N(CC(=O)NCCOC)C(=O)CS2. The second-order valence-electron chi connectivity index (χ2n) is 5.83. The Hall–Kier alpha value is -1.62. The average Bonchev–Trinajstić information content (AvgIpc) is 2.64. The van der Waals surface area contributed by atoms with Crippen molar-refractivity contribution in [2.24, 2.45) is 0 Å². The first-order chi connectivity index (χ1) is 12.8. The van der Waals surface area contributed by atoms with Crippen LogP contribution in [-0.4, -0.2) is 70.2 Å². The summed E-state index contributed by atoms with van der Waals surface area (Å²) >= 11 is 1.34. The summed E-state index contributed by atoms with van der Waals surface area (Å²) in [6.45, 7) is 4.81. The summed E-state index contributed by atoms with van der Waals surface area (Å²) < 4.78 is 31.8. The Morgan fingerprint density at radius 3 is 2.67 bits per heavy atom. The lowest BCUT2D eigenvalue weighted by Gasteiger charge is -2.29. The number of carbonyl (C=O) groups is 2. The summed E-state index contributed by atoms with van der Waals surface area (Å²) in [6, 6.07) is 4.72. The fourth-order valence-electron chi connectivity index (χ4n) is 2.72. The first-order valence-electron chi connectivity index (χ1n) is 8.68. The summed E-state index contributed by atoms with van der Waals surface area (Å²) in [7, 11) is -2.12. The fourth-order valence-corrected chi connectivity index (χ4v) is 5.11. The molecule has 1 aliphatic rings. The smallest absolute Gasteiger partial charge is 0.243 e. The monoisotopic (exact) mass is 415 g/mol. The highest BCUT2D eigenvalue weighted by Crippen LogP contribution is 2.37. The Balaban J connectivity index is 2.32. The van der Waals surface area contributed by atoms with Crippen molar-refractivity contribution in [1.29, 1.82) is 0 Å². The minimum atomic E-state index is -3.65. The largest absolute Gasteiger partial charge is 0.383 e. The second kappa shape index (κ2) is 9.54. The lowest BCUT2D eigenvalue weighted by Crippen LogP contribution is -2.44. The Bertz CT molecular complexity index is 794. The average molecular weight is 416 g/mol. The Labute approximate surface area is 164 Å². The molecule has 0 aromatic heterocycles. The van der Waals surface area contributed by atoms with E-state index in [1.807, 2.05) is 0 Å².